The molecule has 1 heterocycles. The van der Waals surface area contributed by atoms with Gasteiger partial charge in [0.05, 0.1) is 19.9 Å². The Kier molecular flexibility index (Phi) is 6.34. The quantitative estimate of drug-likeness (QED) is 0.545. The molecular weight excluding hydrogens is 396 g/mol. The molecule has 3 rings (SSSR count). The maximum atomic E-state index is 12.3. The Bertz CT molecular complexity index is 1030. The highest BCUT2D eigenvalue weighted by Crippen LogP contribution is 2.31. The third-order valence-electron chi connectivity index (χ3n) is 3.96. The lowest BCUT2D eigenvalue weighted by molar-refractivity contribution is -0.111. The maximum absolute atomic E-state index is 12.3. The minimum absolute atomic E-state index is 0.263. The van der Waals surface area contributed by atoms with Gasteiger partial charge in [-0.1, -0.05) is 29.8 Å². The van der Waals surface area contributed by atoms with Crippen molar-refractivity contribution in [3.8, 4) is 22.8 Å². The second-order valence-electron chi connectivity index (χ2n) is 5.87. The van der Waals surface area contributed by atoms with Gasteiger partial charge in [-0.15, -0.1) is 11.3 Å². The van der Waals surface area contributed by atoms with Gasteiger partial charge in [0.15, 0.2) is 16.6 Å². The standard InChI is InChI=1S/C21H19ClN2O3S/c1-13-20(15-5-4-6-16(22)12-15)24-21(28-13)23-19(25)10-8-14-7-9-17(26-2)18(11-14)27-3/h4-12H,1-3H3,(H,23,24,25)/b10-8+. The van der Waals surface area contributed by atoms with E-state index in [9.17, 15) is 4.79 Å². The van der Waals surface area contributed by atoms with Gasteiger partial charge in [-0.3, -0.25) is 10.1 Å². The summed E-state index contributed by atoms with van der Waals surface area (Å²) in [4.78, 5) is 17.8. The molecule has 7 heteroatoms. The van der Waals surface area contributed by atoms with Crippen molar-refractivity contribution in [3.63, 3.8) is 0 Å². The summed E-state index contributed by atoms with van der Waals surface area (Å²) in [7, 11) is 3.15. The summed E-state index contributed by atoms with van der Waals surface area (Å²) < 4.78 is 10.5. The highest BCUT2D eigenvalue weighted by Gasteiger charge is 2.11. The van der Waals surface area contributed by atoms with E-state index in [1.54, 1.807) is 32.4 Å². The second kappa shape index (κ2) is 8.91. The van der Waals surface area contributed by atoms with E-state index in [0.717, 1.165) is 21.7 Å². The Morgan fingerprint density at radius 2 is 1.93 bits per heavy atom. The molecule has 3 aromatic rings. The van der Waals surface area contributed by atoms with E-state index in [0.29, 0.717) is 21.7 Å². The van der Waals surface area contributed by atoms with Gasteiger partial charge < -0.3 is 9.47 Å². The minimum atomic E-state index is -0.263. The van der Waals surface area contributed by atoms with Crippen molar-refractivity contribution >= 4 is 40.1 Å². The van der Waals surface area contributed by atoms with Crippen molar-refractivity contribution in [2.45, 2.75) is 6.92 Å². The lowest BCUT2D eigenvalue weighted by Gasteiger charge is -2.07. The maximum Gasteiger partial charge on any atom is 0.250 e. The highest BCUT2D eigenvalue weighted by atomic mass is 35.5. The SMILES string of the molecule is COc1ccc(/C=C/C(=O)Nc2nc(-c3cccc(Cl)c3)c(C)s2)cc1OC. The first-order valence-electron chi connectivity index (χ1n) is 8.44. The molecule has 1 amide bonds. The van der Waals surface area contributed by atoms with Crippen molar-refractivity contribution in [3.05, 3.63) is 64.0 Å². The van der Waals surface area contributed by atoms with Crippen molar-refractivity contribution in [1.82, 2.24) is 4.98 Å². The molecule has 28 heavy (non-hydrogen) atoms. The Morgan fingerprint density at radius 1 is 1.14 bits per heavy atom. The molecule has 1 aromatic heterocycles. The Morgan fingerprint density at radius 3 is 2.64 bits per heavy atom. The van der Waals surface area contributed by atoms with Crippen LogP contribution in [-0.4, -0.2) is 25.1 Å². The number of halogens is 1. The largest absolute Gasteiger partial charge is 0.493 e. The number of amides is 1. The van der Waals surface area contributed by atoms with E-state index >= 15 is 0 Å². The van der Waals surface area contributed by atoms with Gasteiger partial charge in [0.25, 0.3) is 0 Å². The van der Waals surface area contributed by atoms with Crippen LogP contribution in [0.3, 0.4) is 0 Å². The van der Waals surface area contributed by atoms with Crippen LogP contribution >= 0.6 is 22.9 Å². The predicted molar refractivity (Wildman–Crippen MR) is 115 cm³/mol. The Hall–Kier alpha value is -2.83. The third kappa shape index (κ3) is 4.71. The Balaban J connectivity index is 1.72. The molecule has 2 aromatic carbocycles. The number of benzene rings is 2. The molecule has 0 bridgehead atoms. The summed E-state index contributed by atoms with van der Waals surface area (Å²) in [5.74, 6) is 0.976. The predicted octanol–water partition coefficient (Wildman–Crippen LogP) is 5.44. The highest BCUT2D eigenvalue weighted by molar-refractivity contribution is 7.16. The van der Waals surface area contributed by atoms with Crippen LogP contribution < -0.4 is 14.8 Å². The average molecular weight is 415 g/mol. The monoisotopic (exact) mass is 414 g/mol. The van der Waals surface area contributed by atoms with Gasteiger partial charge in [-0.2, -0.15) is 0 Å². The number of methoxy groups -OCH3 is 2. The van der Waals surface area contributed by atoms with Crippen molar-refractivity contribution in [2.24, 2.45) is 0 Å². The number of nitrogens with zero attached hydrogens (tertiary/aromatic N) is 1. The van der Waals surface area contributed by atoms with E-state index in [1.165, 1.54) is 17.4 Å². The number of hydrogen-bond donors (Lipinski definition) is 1. The first kappa shape index (κ1) is 19.9. The average Bonchev–Trinajstić information content (AvgIpc) is 3.06. The number of carbonyl (C=O) groups is 1. The fraction of sp³-hybridized carbons (Fsp3) is 0.143. The summed E-state index contributed by atoms with van der Waals surface area (Å²) in [6.07, 6.45) is 3.16. The number of carbonyl (C=O) groups excluding carboxylic acids is 1. The third-order valence-corrected chi connectivity index (χ3v) is 5.08. The fourth-order valence-corrected chi connectivity index (χ4v) is 3.66. The molecule has 0 saturated carbocycles. The van der Waals surface area contributed by atoms with E-state index in [2.05, 4.69) is 10.3 Å². The van der Waals surface area contributed by atoms with Crippen LogP contribution in [0, 0.1) is 6.92 Å². The van der Waals surface area contributed by atoms with E-state index < -0.39 is 0 Å². The van der Waals surface area contributed by atoms with Gasteiger partial charge in [0.1, 0.15) is 0 Å². The van der Waals surface area contributed by atoms with Gasteiger partial charge in [0, 0.05) is 21.5 Å². The molecule has 0 radical (unpaired) electrons. The molecule has 144 valence electrons. The second-order valence-corrected chi connectivity index (χ2v) is 7.51. The molecule has 0 unspecified atom stereocenters. The normalized spacial score (nSPS) is 10.9. The minimum Gasteiger partial charge on any atom is -0.493 e. The number of ether oxygens (including phenoxy) is 2. The summed E-state index contributed by atoms with van der Waals surface area (Å²) in [6.45, 7) is 1.96. The number of hydrogen-bond acceptors (Lipinski definition) is 5. The smallest absolute Gasteiger partial charge is 0.250 e. The number of aromatic nitrogens is 1. The fourth-order valence-electron chi connectivity index (χ4n) is 2.63. The molecule has 1 N–H and O–H groups in total. The van der Waals surface area contributed by atoms with Crippen molar-refractivity contribution < 1.29 is 14.3 Å². The topological polar surface area (TPSA) is 60.5 Å². The number of aryl methyl sites for hydroxylation is 1. The summed E-state index contributed by atoms with van der Waals surface area (Å²) >= 11 is 7.48. The van der Waals surface area contributed by atoms with E-state index in [4.69, 9.17) is 21.1 Å². The van der Waals surface area contributed by atoms with Crippen molar-refractivity contribution in [2.75, 3.05) is 19.5 Å². The summed E-state index contributed by atoms with van der Waals surface area (Å²) in [5.41, 5.74) is 2.55. The lowest BCUT2D eigenvalue weighted by atomic mass is 10.1. The van der Waals surface area contributed by atoms with Crippen LogP contribution in [0.2, 0.25) is 5.02 Å². The van der Waals surface area contributed by atoms with Gasteiger partial charge in [-0.05, 0) is 42.8 Å². The Labute approximate surface area is 172 Å². The van der Waals surface area contributed by atoms with Gasteiger partial charge >= 0.3 is 0 Å². The molecular formula is C21H19ClN2O3S. The first-order valence-corrected chi connectivity index (χ1v) is 9.64. The van der Waals surface area contributed by atoms with Gasteiger partial charge in [-0.25, -0.2) is 4.98 Å². The summed E-state index contributed by atoms with van der Waals surface area (Å²) in [5, 5.41) is 3.98. The number of nitrogens with one attached hydrogen (secondary N) is 1. The molecule has 0 aliphatic carbocycles. The molecule has 5 nitrogen and oxygen atoms in total. The number of anilines is 1. The molecule has 0 spiro atoms. The van der Waals surface area contributed by atoms with E-state index in [1.807, 2.05) is 37.3 Å². The van der Waals surface area contributed by atoms with Crippen LogP contribution in [0.15, 0.2) is 48.5 Å². The molecule has 0 atom stereocenters. The number of rotatable bonds is 6. The van der Waals surface area contributed by atoms with Crippen LogP contribution in [0.25, 0.3) is 17.3 Å². The first-order chi connectivity index (χ1) is 13.5. The zero-order valence-electron chi connectivity index (χ0n) is 15.7. The van der Waals surface area contributed by atoms with Crippen molar-refractivity contribution in [1.29, 1.82) is 0 Å². The van der Waals surface area contributed by atoms with Crippen LogP contribution in [0.4, 0.5) is 5.13 Å². The van der Waals surface area contributed by atoms with Crippen LogP contribution in [0.1, 0.15) is 10.4 Å². The molecule has 0 aliphatic heterocycles. The summed E-state index contributed by atoms with van der Waals surface area (Å²) in [6, 6.07) is 12.9. The zero-order valence-corrected chi connectivity index (χ0v) is 17.2. The number of thiazole rings is 1. The van der Waals surface area contributed by atoms with Gasteiger partial charge in [0.2, 0.25) is 5.91 Å². The molecule has 0 fully saturated rings. The molecule has 0 aliphatic rings. The molecule has 0 saturated heterocycles. The lowest BCUT2D eigenvalue weighted by Crippen LogP contribution is -2.07. The van der Waals surface area contributed by atoms with Crippen LogP contribution in [0.5, 0.6) is 11.5 Å². The van der Waals surface area contributed by atoms with E-state index in [-0.39, 0.29) is 5.91 Å². The zero-order chi connectivity index (χ0) is 20.1. The van der Waals surface area contributed by atoms with Crippen LogP contribution in [-0.2, 0) is 4.79 Å².